The molecule has 1 saturated heterocycles. The third kappa shape index (κ3) is 3.09. The second kappa shape index (κ2) is 7.38. The van der Waals surface area contributed by atoms with E-state index in [-0.39, 0.29) is 18.2 Å². The van der Waals surface area contributed by atoms with Crippen LogP contribution >= 0.6 is 0 Å². The maximum atomic E-state index is 13.1. The van der Waals surface area contributed by atoms with Crippen molar-refractivity contribution in [2.45, 2.75) is 18.6 Å². The van der Waals surface area contributed by atoms with E-state index in [0.29, 0.717) is 30.0 Å². The number of urea groups is 1. The van der Waals surface area contributed by atoms with Crippen LogP contribution in [-0.2, 0) is 23.4 Å². The maximum absolute atomic E-state index is 13.1. The smallest absolute Gasteiger partial charge is 0.322 e. The fraction of sp³-hybridized carbons (Fsp3) is 0.261. The van der Waals surface area contributed by atoms with E-state index in [1.807, 2.05) is 31.3 Å². The first-order chi connectivity index (χ1) is 15.4. The summed E-state index contributed by atoms with van der Waals surface area (Å²) in [5.41, 5.74) is 1.47. The number of hydrogen-bond donors (Lipinski definition) is 3. The quantitative estimate of drug-likeness (QED) is 0.511. The highest BCUT2D eigenvalue weighted by Crippen LogP contribution is 2.35. The van der Waals surface area contributed by atoms with Crippen molar-refractivity contribution < 1.29 is 23.5 Å². The number of amides is 4. The molecule has 32 heavy (non-hydrogen) atoms. The molecule has 0 radical (unpaired) electrons. The van der Waals surface area contributed by atoms with Crippen molar-refractivity contribution in [2.75, 3.05) is 20.7 Å². The van der Waals surface area contributed by atoms with Gasteiger partial charge in [-0.05, 0) is 48.5 Å². The first-order valence-electron chi connectivity index (χ1n) is 10.2. The van der Waals surface area contributed by atoms with Crippen LogP contribution in [0.4, 0.5) is 4.79 Å². The molecule has 0 aliphatic carbocycles. The third-order valence-electron chi connectivity index (χ3n) is 5.95. The number of nitrogens with one attached hydrogen (secondary N) is 3. The molecule has 2 aliphatic rings. The maximum Gasteiger partial charge on any atom is 0.322 e. The van der Waals surface area contributed by atoms with Gasteiger partial charge in [0, 0.05) is 24.0 Å². The van der Waals surface area contributed by atoms with Crippen LogP contribution in [-0.4, -0.2) is 43.4 Å². The van der Waals surface area contributed by atoms with E-state index >= 15 is 0 Å². The Morgan fingerprint density at radius 1 is 1.16 bits per heavy atom. The van der Waals surface area contributed by atoms with Crippen LogP contribution in [0.2, 0.25) is 0 Å². The van der Waals surface area contributed by atoms with Crippen LogP contribution in [0.1, 0.15) is 27.2 Å². The lowest BCUT2D eigenvalue weighted by molar-refractivity contribution is -0.125. The summed E-state index contributed by atoms with van der Waals surface area (Å²) in [6.07, 6.45) is 0. The summed E-state index contributed by atoms with van der Waals surface area (Å²) in [6.45, 7) is 0.933. The lowest BCUT2D eigenvalue weighted by Gasteiger charge is -2.29. The van der Waals surface area contributed by atoms with Crippen molar-refractivity contribution in [3.63, 3.8) is 0 Å². The monoisotopic (exact) mass is 434 g/mol. The number of benzene rings is 2. The SMILES string of the molecule is CNCc1ccc2oc(C3(CN4Cc5ccc(OC)cc5C4=O)NC(=O)NC3=O)cc2c1. The number of furan rings is 1. The number of imide groups is 1. The number of nitrogens with zero attached hydrogens (tertiary/aromatic N) is 1. The molecular formula is C23H22N4O5. The molecule has 164 valence electrons. The van der Waals surface area contributed by atoms with Gasteiger partial charge in [0.2, 0.25) is 0 Å². The molecule has 4 amide bonds. The number of carbonyl (C=O) groups excluding carboxylic acids is 3. The van der Waals surface area contributed by atoms with Crippen LogP contribution in [0.3, 0.4) is 0 Å². The summed E-state index contributed by atoms with van der Waals surface area (Å²) in [4.78, 5) is 39.8. The molecule has 1 fully saturated rings. The van der Waals surface area contributed by atoms with Crippen molar-refractivity contribution >= 4 is 28.8 Å². The largest absolute Gasteiger partial charge is 0.497 e. The van der Waals surface area contributed by atoms with E-state index in [2.05, 4.69) is 16.0 Å². The first kappa shape index (κ1) is 20.1. The molecule has 0 bridgehead atoms. The standard InChI is InChI=1S/C23H22N4O5/c1-24-10-13-3-6-18-15(7-13)8-19(32-18)23(21(29)25-22(30)26-23)12-27-11-14-4-5-16(31-2)9-17(14)20(27)28/h3-9,24H,10-12H2,1-2H3,(H2,25,26,29,30). The van der Waals surface area contributed by atoms with Crippen LogP contribution in [0.15, 0.2) is 46.9 Å². The Labute approximate surface area is 183 Å². The van der Waals surface area contributed by atoms with E-state index in [4.69, 9.17) is 9.15 Å². The average Bonchev–Trinajstić information content (AvgIpc) is 3.42. The van der Waals surface area contributed by atoms with Gasteiger partial charge in [-0.25, -0.2) is 4.79 Å². The van der Waals surface area contributed by atoms with Gasteiger partial charge < -0.3 is 24.7 Å². The number of carbonyl (C=O) groups is 3. The van der Waals surface area contributed by atoms with Gasteiger partial charge in [-0.15, -0.1) is 0 Å². The number of rotatable bonds is 6. The second-order valence-electron chi connectivity index (χ2n) is 8.01. The van der Waals surface area contributed by atoms with Gasteiger partial charge in [0.15, 0.2) is 5.54 Å². The van der Waals surface area contributed by atoms with Crippen molar-refractivity contribution in [3.05, 3.63) is 64.9 Å². The van der Waals surface area contributed by atoms with Crippen molar-refractivity contribution in [1.82, 2.24) is 20.9 Å². The highest BCUT2D eigenvalue weighted by Gasteiger charge is 2.53. The minimum Gasteiger partial charge on any atom is -0.497 e. The average molecular weight is 434 g/mol. The zero-order chi connectivity index (χ0) is 22.5. The van der Waals surface area contributed by atoms with Gasteiger partial charge in [0.05, 0.1) is 13.7 Å². The Bertz CT molecular complexity index is 1270. The molecule has 1 aromatic heterocycles. The highest BCUT2D eigenvalue weighted by molar-refractivity contribution is 6.08. The Balaban J connectivity index is 1.52. The van der Waals surface area contributed by atoms with Crippen molar-refractivity contribution in [2.24, 2.45) is 0 Å². The fourth-order valence-electron chi connectivity index (χ4n) is 4.35. The first-order valence-corrected chi connectivity index (χ1v) is 10.2. The van der Waals surface area contributed by atoms with Crippen LogP contribution in [0, 0.1) is 0 Å². The third-order valence-corrected chi connectivity index (χ3v) is 5.95. The predicted molar refractivity (Wildman–Crippen MR) is 115 cm³/mol. The molecule has 0 spiro atoms. The minimum atomic E-state index is -1.53. The number of ether oxygens (including phenoxy) is 1. The van der Waals surface area contributed by atoms with Crippen molar-refractivity contribution in [1.29, 1.82) is 0 Å². The van der Waals surface area contributed by atoms with E-state index in [1.54, 1.807) is 18.2 Å². The molecule has 1 unspecified atom stereocenters. The van der Waals surface area contributed by atoms with Crippen LogP contribution in [0.5, 0.6) is 5.75 Å². The fourth-order valence-corrected chi connectivity index (χ4v) is 4.35. The Kier molecular flexibility index (Phi) is 4.63. The molecule has 2 aromatic carbocycles. The molecule has 0 saturated carbocycles. The Hall–Kier alpha value is -3.85. The summed E-state index contributed by atoms with van der Waals surface area (Å²) < 4.78 is 11.2. The van der Waals surface area contributed by atoms with Crippen LogP contribution < -0.4 is 20.7 Å². The van der Waals surface area contributed by atoms with Gasteiger partial charge in [-0.3, -0.25) is 14.9 Å². The van der Waals surface area contributed by atoms with E-state index < -0.39 is 17.5 Å². The Morgan fingerprint density at radius 2 is 2.00 bits per heavy atom. The minimum absolute atomic E-state index is 0.0659. The number of fused-ring (bicyclic) bond motifs is 2. The predicted octanol–water partition coefficient (Wildman–Crippen LogP) is 1.85. The lowest BCUT2D eigenvalue weighted by Crippen LogP contribution is -2.52. The molecule has 9 nitrogen and oxygen atoms in total. The van der Waals surface area contributed by atoms with E-state index in [9.17, 15) is 14.4 Å². The topological polar surface area (TPSA) is 113 Å². The Morgan fingerprint density at radius 3 is 2.72 bits per heavy atom. The van der Waals surface area contributed by atoms with Crippen LogP contribution in [0.25, 0.3) is 11.0 Å². The lowest BCUT2D eigenvalue weighted by atomic mass is 9.95. The molecule has 1 atom stereocenters. The molecule has 9 heteroatoms. The second-order valence-corrected chi connectivity index (χ2v) is 8.01. The summed E-state index contributed by atoms with van der Waals surface area (Å²) in [6, 6.07) is 12.1. The molecule has 3 aromatic rings. The summed E-state index contributed by atoms with van der Waals surface area (Å²) in [5, 5.41) is 8.90. The molecular weight excluding hydrogens is 412 g/mol. The van der Waals surface area contributed by atoms with Crippen molar-refractivity contribution in [3.8, 4) is 5.75 Å². The molecule has 3 N–H and O–H groups in total. The van der Waals surface area contributed by atoms with Gasteiger partial charge in [0.1, 0.15) is 17.1 Å². The molecule has 5 rings (SSSR count). The van der Waals surface area contributed by atoms with Gasteiger partial charge in [-0.2, -0.15) is 0 Å². The zero-order valence-electron chi connectivity index (χ0n) is 17.7. The number of hydrogen-bond acceptors (Lipinski definition) is 6. The molecule has 3 heterocycles. The summed E-state index contributed by atoms with van der Waals surface area (Å²) in [5.74, 6) is 0.0620. The van der Waals surface area contributed by atoms with E-state index in [0.717, 1.165) is 16.5 Å². The van der Waals surface area contributed by atoms with Gasteiger partial charge in [-0.1, -0.05) is 12.1 Å². The summed E-state index contributed by atoms with van der Waals surface area (Å²) in [7, 11) is 3.40. The zero-order valence-corrected chi connectivity index (χ0v) is 17.7. The molecule has 2 aliphatic heterocycles. The highest BCUT2D eigenvalue weighted by atomic mass is 16.5. The van der Waals surface area contributed by atoms with E-state index in [1.165, 1.54) is 12.0 Å². The summed E-state index contributed by atoms with van der Waals surface area (Å²) >= 11 is 0. The van der Waals surface area contributed by atoms with Gasteiger partial charge in [0.25, 0.3) is 11.8 Å². The van der Waals surface area contributed by atoms with Gasteiger partial charge >= 0.3 is 6.03 Å². The normalized spacial score (nSPS) is 19.9. The number of methoxy groups -OCH3 is 1.